The molecule has 86 valence electrons. The number of aliphatic carboxylic acids is 1. The molecule has 0 aromatic carbocycles. The van der Waals surface area contributed by atoms with Gasteiger partial charge >= 0.3 is 5.97 Å². The first-order chi connectivity index (χ1) is 7.10. The second kappa shape index (κ2) is 5.11. The van der Waals surface area contributed by atoms with Gasteiger partial charge in [0.1, 0.15) is 0 Å². The maximum Gasteiger partial charge on any atom is 0.311 e. The van der Waals surface area contributed by atoms with Crippen molar-refractivity contribution in [3.8, 4) is 0 Å². The Bertz CT molecular complexity index is 248. The van der Waals surface area contributed by atoms with E-state index in [4.69, 9.17) is 9.84 Å². The van der Waals surface area contributed by atoms with Crippen LogP contribution in [0.3, 0.4) is 0 Å². The molecular weight excluding hydrogens is 198 g/mol. The Morgan fingerprint density at radius 2 is 2.13 bits per heavy atom. The molecular formula is C10H17NO4. The lowest BCUT2D eigenvalue weighted by Gasteiger charge is -2.10. The Morgan fingerprint density at radius 1 is 1.47 bits per heavy atom. The SMILES string of the molecule is COCCCC(=O)NCC1(C(=O)O)CC1. The molecule has 15 heavy (non-hydrogen) atoms. The van der Waals surface area contributed by atoms with Gasteiger partial charge in [0.25, 0.3) is 0 Å². The topological polar surface area (TPSA) is 75.6 Å². The molecule has 0 aromatic rings. The fourth-order valence-corrected chi connectivity index (χ4v) is 1.35. The summed E-state index contributed by atoms with van der Waals surface area (Å²) in [5.41, 5.74) is -0.670. The third-order valence-electron chi connectivity index (χ3n) is 2.68. The van der Waals surface area contributed by atoms with Gasteiger partial charge in [-0.3, -0.25) is 9.59 Å². The number of carboxylic acids is 1. The normalized spacial score (nSPS) is 17.1. The van der Waals surface area contributed by atoms with E-state index < -0.39 is 11.4 Å². The Balaban J connectivity index is 2.14. The van der Waals surface area contributed by atoms with Gasteiger partial charge in [0.05, 0.1) is 5.41 Å². The standard InChI is InChI=1S/C10H17NO4/c1-15-6-2-3-8(12)11-7-10(4-5-10)9(13)14/h2-7H2,1H3,(H,11,12)(H,13,14). The van der Waals surface area contributed by atoms with E-state index in [0.717, 1.165) is 0 Å². The van der Waals surface area contributed by atoms with Crippen LogP contribution in [0.1, 0.15) is 25.7 Å². The zero-order valence-corrected chi connectivity index (χ0v) is 8.91. The van der Waals surface area contributed by atoms with Gasteiger partial charge in [0.2, 0.25) is 5.91 Å². The number of carboxylic acid groups (broad SMARTS) is 1. The number of methoxy groups -OCH3 is 1. The van der Waals surface area contributed by atoms with Crippen molar-refractivity contribution in [3.05, 3.63) is 0 Å². The molecule has 0 aliphatic heterocycles. The van der Waals surface area contributed by atoms with Crippen molar-refractivity contribution in [3.63, 3.8) is 0 Å². The Hall–Kier alpha value is -1.10. The summed E-state index contributed by atoms with van der Waals surface area (Å²) in [4.78, 5) is 22.0. The van der Waals surface area contributed by atoms with Gasteiger partial charge in [0.15, 0.2) is 0 Å². The monoisotopic (exact) mass is 215 g/mol. The molecule has 5 nitrogen and oxygen atoms in total. The molecule has 0 bridgehead atoms. The van der Waals surface area contributed by atoms with Crippen molar-refractivity contribution >= 4 is 11.9 Å². The maximum absolute atomic E-state index is 11.3. The third-order valence-corrected chi connectivity index (χ3v) is 2.68. The first-order valence-corrected chi connectivity index (χ1v) is 5.10. The highest BCUT2D eigenvalue weighted by atomic mass is 16.5. The maximum atomic E-state index is 11.3. The molecule has 1 fully saturated rings. The van der Waals surface area contributed by atoms with Crippen LogP contribution in [-0.4, -0.2) is 37.2 Å². The molecule has 1 saturated carbocycles. The minimum Gasteiger partial charge on any atom is -0.481 e. The highest BCUT2D eigenvalue weighted by Crippen LogP contribution is 2.45. The number of rotatable bonds is 7. The fraction of sp³-hybridized carbons (Fsp3) is 0.800. The summed E-state index contributed by atoms with van der Waals surface area (Å²) in [7, 11) is 1.58. The van der Waals surface area contributed by atoms with Crippen LogP contribution >= 0.6 is 0 Å². The second-order valence-electron chi connectivity index (χ2n) is 3.96. The average Bonchev–Trinajstić information content (AvgIpc) is 2.96. The lowest BCUT2D eigenvalue weighted by molar-refractivity contribution is -0.143. The lowest BCUT2D eigenvalue weighted by Crippen LogP contribution is -2.34. The molecule has 5 heteroatoms. The largest absolute Gasteiger partial charge is 0.481 e. The van der Waals surface area contributed by atoms with Gasteiger partial charge in [0, 0.05) is 26.7 Å². The first kappa shape index (κ1) is 12.0. The first-order valence-electron chi connectivity index (χ1n) is 5.10. The van der Waals surface area contributed by atoms with Crippen LogP contribution in [-0.2, 0) is 14.3 Å². The van der Waals surface area contributed by atoms with Crippen LogP contribution in [0.4, 0.5) is 0 Å². The molecule has 1 aliphatic carbocycles. The van der Waals surface area contributed by atoms with Crippen LogP contribution < -0.4 is 5.32 Å². The van der Waals surface area contributed by atoms with E-state index in [1.807, 2.05) is 0 Å². The molecule has 0 heterocycles. The smallest absolute Gasteiger partial charge is 0.311 e. The number of hydrogen-bond donors (Lipinski definition) is 2. The van der Waals surface area contributed by atoms with Crippen molar-refractivity contribution < 1.29 is 19.4 Å². The van der Waals surface area contributed by atoms with Gasteiger partial charge < -0.3 is 15.2 Å². The summed E-state index contributed by atoms with van der Waals surface area (Å²) < 4.78 is 4.81. The van der Waals surface area contributed by atoms with Crippen molar-refractivity contribution in [2.24, 2.45) is 5.41 Å². The molecule has 0 atom stereocenters. The van der Waals surface area contributed by atoms with Gasteiger partial charge in [-0.2, -0.15) is 0 Å². The summed E-state index contributed by atoms with van der Waals surface area (Å²) in [6.45, 7) is 0.811. The summed E-state index contributed by atoms with van der Waals surface area (Å²) >= 11 is 0. The summed E-state index contributed by atoms with van der Waals surface area (Å²) in [5.74, 6) is -0.903. The van der Waals surface area contributed by atoms with E-state index in [1.165, 1.54) is 0 Å². The minimum atomic E-state index is -0.806. The summed E-state index contributed by atoms with van der Waals surface area (Å²) in [6, 6.07) is 0. The Labute approximate surface area is 88.8 Å². The second-order valence-corrected chi connectivity index (χ2v) is 3.96. The third kappa shape index (κ3) is 3.51. The van der Waals surface area contributed by atoms with Gasteiger partial charge in [-0.25, -0.2) is 0 Å². The average molecular weight is 215 g/mol. The molecule has 2 N–H and O–H groups in total. The lowest BCUT2D eigenvalue weighted by atomic mass is 10.1. The zero-order chi connectivity index (χ0) is 11.3. The molecule has 1 rings (SSSR count). The predicted molar refractivity (Wildman–Crippen MR) is 53.4 cm³/mol. The van der Waals surface area contributed by atoms with Crippen LogP contribution in [0, 0.1) is 5.41 Å². The summed E-state index contributed by atoms with van der Waals surface area (Å²) in [6.07, 6.45) is 2.40. The quantitative estimate of drug-likeness (QED) is 0.602. The Morgan fingerprint density at radius 3 is 2.60 bits per heavy atom. The molecule has 0 aromatic heterocycles. The van der Waals surface area contributed by atoms with Crippen LogP contribution in [0.15, 0.2) is 0 Å². The van der Waals surface area contributed by atoms with Crippen LogP contribution in [0.5, 0.6) is 0 Å². The van der Waals surface area contributed by atoms with E-state index in [1.54, 1.807) is 7.11 Å². The van der Waals surface area contributed by atoms with E-state index in [2.05, 4.69) is 5.32 Å². The number of amides is 1. The van der Waals surface area contributed by atoms with E-state index in [-0.39, 0.29) is 12.5 Å². The van der Waals surface area contributed by atoms with Crippen LogP contribution in [0.2, 0.25) is 0 Å². The molecule has 1 aliphatic rings. The highest BCUT2D eigenvalue weighted by Gasteiger charge is 2.50. The minimum absolute atomic E-state index is 0.0976. The van der Waals surface area contributed by atoms with Gasteiger partial charge in [-0.05, 0) is 19.3 Å². The molecule has 0 saturated heterocycles. The number of nitrogens with one attached hydrogen (secondary N) is 1. The van der Waals surface area contributed by atoms with Gasteiger partial charge in [-0.1, -0.05) is 0 Å². The van der Waals surface area contributed by atoms with Crippen LogP contribution in [0.25, 0.3) is 0 Å². The van der Waals surface area contributed by atoms with Crippen molar-refractivity contribution in [1.29, 1.82) is 0 Å². The van der Waals surface area contributed by atoms with Crippen molar-refractivity contribution in [2.75, 3.05) is 20.3 Å². The molecule has 1 amide bonds. The van der Waals surface area contributed by atoms with E-state index >= 15 is 0 Å². The number of ether oxygens (including phenoxy) is 1. The predicted octanol–water partition coefficient (Wildman–Crippen LogP) is 0.394. The number of carbonyl (C=O) groups excluding carboxylic acids is 1. The Kier molecular flexibility index (Phi) is 4.08. The van der Waals surface area contributed by atoms with Crippen molar-refractivity contribution in [1.82, 2.24) is 5.32 Å². The van der Waals surface area contributed by atoms with Gasteiger partial charge in [-0.15, -0.1) is 0 Å². The highest BCUT2D eigenvalue weighted by molar-refractivity contribution is 5.80. The zero-order valence-electron chi connectivity index (χ0n) is 8.91. The summed E-state index contributed by atoms with van der Waals surface area (Å²) in [5, 5.41) is 11.5. The number of hydrogen-bond acceptors (Lipinski definition) is 3. The van der Waals surface area contributed by atoms with Crippen molar-refractivity contribution in [2.45, 2.75) is 25.7 Å². The molecule has 0 radical (unpaired) electrons. The van der Waals surface area contributed by atoms with E-state index in [9.17, 15) is 9.59 Å². The number of carbonyl (C=O) groups is 2. The fourth-order valence-electron chi connectivity index (χ4n) is 1.35. The molecule has 0 spiro atoms. The van der Waals surface area contributed by atoms with E-state index in [0.29, 0.717) is 32.3 Å². The molecule has 0 unspecified atom stereocenters.